The molecule has 0 aliphatic heterocycles. The SMILES string of the molecule is CCCc1c(-c2cccc(F)c2)c(-c2ccccc2)nn1CC1CCC(COCC(=O)O)CC1. The molecule has 0 spiro atoms. The average molecular weight is 465 g/mol. The molecule has 1 heterocycles. The van der Waals surface area contributed by atoms with E-state index in [2.05, 4.69) is 23.7 Å². The van der Waals surface area contributed by atoms with Crippen LogP contribution in [0.25, 0.3) is 22.4 Å². The molecule has 4 rings (SSSR count). The largest absolute Gasteiger partial charge is 0.480 e. The third-order valence-corrected chi connectivity index (χ3v) is 6.68. The van der Waals surface area contributed by atoms with E-state index < -0.39 is 5.97 Å². The molecule has 2 aromatic carbocycles. The molecule has 5 nitrogen and oxygen atoms in total. The van der Waals surface area contributed by atoms with Gasteiger partial charge in [-0.1, -0.05) is 55.8 Å². The Morgan fingerprint density at radius 3 is 2.44 bits per heavy atom. The fraction of sp³-hybridized carbons (Fsp3) is 0.429. The molecule has 1 N–H and O–H groups in total. The van der Waals surface area contributed by atoms with Crippen molar-refractivity contribution in [2.45, 2.75) is 52.0 Å². The van der Waals surface area contributed by atoms with Crippen molar-refractivity contribution in [1.29, 1.82) is 0 Å². The van der Waals surface area contributed by atoms with Gasteiger partial charge in [-0.25, -0.2) is 9.18 Å². The summed E-state index contributed by atoms with van der Waals surface area (Å²) in [6.07, 6.45) is 6.08. The van der Waals surface area contributed by atoms with E-state index in [1.165, 1.54) is 11.8 Å². The number of nitrogens with zero attached hydrogens (tertiary/aromatic N) is 2. The maximum absolute atomic E-state index is 14.2. The average Bonchev–Trinajstić information content (AvgIpc) is 3.19. The summed E-state index contributed by atoms with van der Waals surface area (Å²) in [6, 6.07) is 17.0. The Morgan fingerprint density at radius 2 is 1.76 bits per heavy atom. The van der Waals surface area contributed by atoms with Crippen molar-refractivity contribution in [2.24, 2.45) is 11.8 Å². The summed E-state index contributed by atoms with van der Waals surface area (Å²) in [4.78, 5) is 10.7. The maximum Gasteiger partial charge on any atom is 0.329 e. The van der Waals surface area contributed by atoms with E-state index in [4.69, 9.17) is 14.9 Å². The van der Waals surface area contributed by atoms with Crippen LogP contribution in [-0.2, 0) is 22.5 Å². The minimum Gasteiger partial charge on any atom is -0.480 e. The lowest BCUT2D eigenvalue weighted by atomic mass is 9.82. The smallest absolute Gasteiger partial charge is 0.329 e. The van der Waals surface area contributed by atoms with Gasteiger partial charge in [0.1, 0.15) is 18.1 Å². The van der Waals surface area contributed by atoms with Crippen molar-refractivity contribution in [3.63, 3.8) is 0 Å². The van der Waals surface area contributed by atoms with E-state index in [0.717, 1.165) is 67.5 Å². The Bertz CT molecular complexity index is 1090. The predicted octanol–water partition coefficient (Wildman–Crippen LogP) is 6.22. The molecule has 1 saturated carbocycles. The van der Waals surface area contributed by atoms with Gasteiger partial charge in [0.25, 0.3) is 0 Å². The zero-order valence-corrected chi connectivity index (χ0v) is 19.8. The zero-order chi connectivity index (χ0) is 23.9. The van der Waals surface area contributed by atoms with Crippen LogP contribution in [0.15, 0.2) is 54.6 Å². The van der Waals surface area contributed by atoms with E-state index in [-0.39, 0.29) is 12.4 Å². The summed E-state index contributed by atoms with van der Waals surface area (Å²) in [5.74, 6) is -0.226. The maximum atomic E-state index is 14.2. The number of benzene rings is 2. The first kappa shape index (κ1) is 24.1. The van der Waals surface area contributed by atoms with Crippen LogP contribution in [0.5, 0.6) is 0 Å². The molecule has 6 heteroatoms. The molecule has 0 unspecified atom stereocenters. The molecule has 34 heavy (non-hydrogen) atoms. The molecule has 0 radical (unpaired) electrons. The highest BCUT2D eigenvalue weighted by molar-refractivity contribution is 5.82. The molecule has 180 valence electrons. The normalized spacial score (nSPS) is 18.2. The zero-order valence-electron chi connectivity index (χ0n) is 19.8. The van der Waals surface area contributed by atoms with Crippen molar-refractivity contribution in [2.75, 3.05) is 13.2 Å². The Balaban J connectivity index is 1.59. The van der Waals surface area contributed by atoms with Gasteiger partial charge in [-0.15, -0.1) is 0 Å². The summed E-state index contributed by atoms with van der Waals surface area (Å²) >= 11 is 0. The van der Waals surface area contributed by atoms with Gasteiger partial charge in [0.2, 0.25) is 0 Å². The lowest BCUT2D eigenvalue weighted by Gasteiger charge is -2.28. The first-order valence-corrected chi connectivity index (χ1v) is 12.3. The highest BCUT2D eigenvalue weighted by Gasteiger charge is 2.26. The van der Waals surface area contributed by atoms with Crippen molar-refractivity contribution >= 4 is 5.97 Å². The molecule has 1 aliphatic rings. The molecule has 0 saturated heterocycles. The van der Waals surface area contributed by atoms with Crippen molar-refractivity contribution in [3.05, 3.63) is 66.1 Å². The lowest BCUT2D eigenvalue weighted by molar-refractivity contribution is -0.142. The van der Waals surface area contributed by atoms with Crippen molar-refractivity contribution < 1.29 is 19.0 Å². The molecule has 1 aliphatic carbocycles. The summed E-state index contributed by atoms with van der Waals surface area (Å²) < 4.78 is 21.7. The second-order valence-corrected chi connectivity index (χ2v) is 9.27. The number of carboxylic acids is 1. The second-order valence-electron chi connectivity index (χ2n) is 9.27. The van der Waals surface area contributed by atoms with Crippen LogP contribution in [-0.4, -0.2) is 34.1 Å². The Labute approximate surface area is 200 Å². The lowest BCUT2D eigenvalue weighted by Crippen LogP contribution is -2.23. The van der Waals surface area contributed by atoms with Crippen LogP contribution >= 0.6 is 0 Å². The number of aliphatic carboxylic acids is 1. The van der Waals surface area contributed by atoms with Crippen LogP contribution < -0.4 is 0 Å². The molecule has 1 fully saturated rings. The standard InChI is InChI=1S/C28H33FN2O3/c1-2-7-25-27(23-10-6-11-24(29)16-23)28(22-8-4-3-5-9-22)30-31(25)17-20-12-14-21(15-13-20)18-34-19-26(32)33/h3-6,8-11,16,20-21H,2,7,12-15,17-19H2,1H3,(H,32,33). The third kappa shape index (κ3) is 5.92. The topological polar surface area (TPSA) is 64.4 Å². The highest BCUT2D eigenvalue weighted by atomic mass is 19.1. The van der Waals surface area contributed by atoms with Crippen LogP contribution in [0.3, 0.4) is 0 Å². The van der Waals surface area contributed by atoms with Gasteiger partial charge in [0, 0.05) is 23.4 Å². The summed E-state index contributed by atoms with van der Waals surface area (Å²) in [5.41, 5.74) is 5.01. The third-order valence-electron chi connectivity index (χ3n) is 6.68. The van der Waals surface area contributed by atoms with E-state index in [9.17, 15) is 9.18 Å². The van der Waals surface area contributed by atoms with Crippen LogP contribution in [0.4, 0.5) is 4.39 Å². The van der Waals surface area contributed by atoms with Gasteiger partial charge in [0.15, 0.2) is 0 Å². The second kappa shape index (κ2) is 11.4. The molecule has 0 atom stereocenters. The summed E-state index contributed by atoms with van der Waals surface area (Å²) in [5, 5.41) is 13.9. The van der Waals surface area contributed by atoms with Gasteiger partial charge < -0.3 is 9.84 Å². The number of hydrogen-bond donors (Lipinski definition) is 1. The number of aromatic nitrogens is 2. The van der Waals surface area contributed by atoms with Gasteiger partial charge in [-0.05, 0) is 61.6 Å². The molecular formula is C28H33FN2O3. The number of carbonyl (C=O) groups is 1. The number of rotatable bonds is 10. The van der Waals surface area contributed by atoms with E-state index in [1.807, 2.05) is 24.3 Å². The molecular weight excluding hydrogens is 431 g/mol. The minimum atomic E-state index is -0.917. The molecule has 0 bridgehead atoms. The van der Waals surface area contributed by atoms with Gasteiger partial charge in [-0.3, -0.25) is 4.68 Å². The van der Waals surface area contributed by atoms with E-state index >= 15 is 0 Å². The van der Waals surface area contributed by atoms with Crippen molar-refractivity contribution in [3.8, 4) is 22.4 Å². The van der Waals surface area contributed by atoms with Crippen LogP contribution in [0.1, 0.15) is 44.7 Å². The number of halogens is 1. The molecule has 1 aromatic heterocycles. The minimum absolute atomic E-state index is 0.223. The van der Waals surface area contributed by atoms with Crippen LogP contribution in [0, 0.1) is 17.7 Å². The first-order chi connectivity index (χ1) is 16.5. The van der Waals surface area contributed by atoms with Gasteiger partial charge >= 0.3 is 5.97 Å². The van der Waals surface area contributed by atoms with E-state index in [0.29, 0.717) is 18.4 Å². The number of ether oxygens (including phenoxy) is 1. The summed E-state index contributed by atoms with van der Waals surface area (Å²) in [7, 11) is 0. The fourth-order valence-electron chi connectivity index (χ4n) is 5.02. The van der Waals surface area contributed by atoms with Gasteiger partial charge in [-0.2, -0.15) is 5.10 Å². The molecule has 3 aromatic rings. The Kier molecular flexibility index (Phi) is 8.12. The predicted molar refractivity (Wildman–Crippen MR) is 131 cm³/mol. The van der Waals surface area contributed by atoms with E-state index in [1.54, 1.807) is 12.1 Å². The first-order valence-electron chi connectivity index (χ1n) is 12.3. The number of hydrogen-bond acceptors (Lipinski definition) is 3. The monoisotopic (exact) mass is 464 g/mol. The Hall–Kier alpha value is -2.99. The fourth-order valence-corrected chi connectivity index (χ4v) is 5.02. The Morgan fingerprint density at radius 1 is 1.06 bits per heavy atom. The van der Waals surface area contributed by atoms with Crippen LogP contribution in [0.2, 0.25) is 0 Å². The van der Waals surface area contributed by atoms with Gasteiger partial charge in [0.05, 0.1) is 6.61 Å². The van der Waals surface area contributed by atoms with Crippen molar-refractivity contribution in [1.82, 2.24) is 9.78 Å². The highest BCUT2D eigenvalue weighted by Crippen LogP contribution is 2.37. The number of carboxylic acid groups (broad SMARTS) is 1. The molecule has 0 amide bonds. The summed E-state index contributed by atoms with van der Waals surface area (Å²) in [6.45, 7) is 3.30. The quantitative estimate of drug-likeness (QED) is 0.387.